The van der Waals surface area contributed by atoms with Gasteiger partial charge in [-0.05, 0) is 32.0 Å². The Kier molecular flexibility index (Phi) is 4.98. The van der Waals surface area contributed by atoms with Gasteiger partial charge in [0.1, 0.15) is 0 Å². The zero-order chi connectivity index (χ0) is 13.9. The van der Waals surface area contributed by atoms with Gasteiger partial charge < -0.3 is 10.6 Å². The molecule has 1 unspecified atom stereocenters. The molecule has 2 heterocycles. The number of hydrogen-bond donors (Lipinski definition) is 2. The van der Waals surface area contributed by atoms with Gasteiger partial charge in [0.15, 0.2) is 0 Å². The van der Waals surface area contributed by atoms with Crippen LogP contribution in [0.4, 0.5) is 0 Å². The number of halogens is 1. The second-order valence-corrected chi connectivity index (χ2v) is 5.05. The Morgan fingerprint density at radius 1 is 1.38 bits per heavy atom. The van der Waals surface area contributed by atoms with Crippen LogP contribution in [0.15, 0.2) is 36.5 Å². The Morgan fingerprint density at radius 2 is 2.14 bits per heavy atom. The lowest BCUT2D eigenvalue weighted by molar-refractivity contribution is 0.0939. The highest BCUT2D eigenvalue weighted by molar-refractivity contribution is 5.95. The van der Waals surface area contributed by atoms with Gasteiger partial charge in [-0.25, -0.2) is 4.68 Å². The molecule has 1 aliphatic heterocycles. The summed E-state index contributed by atoms with van der Waals surface area (Å²) in [4.78, 5) is 12.3. The number of benzene rings is 1. The van der Waals surface area contributed by atoms with Crippen molar-refractivity contribution in [1.82, 2.24) is 20.4 Å². The zero-order valence-electron chi connectivity index (χ0n) is 11.9. The van der Waals surface area contributed by atoms with Crippen molar-refractivity contribution >= 4 is 18.3 Å². The first-order valence-electron chi connectivity index (χ1n) is 6.87. The fraction of sp³-hybridized carbons (Fsp3) is 0.333. The molecule has 1 amide bonds. The molecule has 21 heavy (non-hydrogen) atoms. The second kappa shape index (κ2) is 6.74. The molecule has 1 fully saturated rings. The van der Waals surface area contributed by atoms with E-state index in [1.807, 2.05) is 37.3 Å². The van der Waals surface area contributed by atoms with Crippen LogP contribution in [0.2, 0.25) is 0 Å². The monoisotopic (exact) mass is 306 g/mol. The molecule has 1 aromatic heterocycles. The van der Waals surface area contributed by atoms with Gasteiger partial charge in [-0.15, -0.1) is 12.4 Å². The molecule has 0 bridgehead atoms. The number of aromatic nitrogens is 2. The number of nitrogens with one attached hydrogen (secondary N) is 2. The highest BCUT2D eigenvalue weighted by Gasteiger charge is 2.20. The van der Waals surface area contributed by atoms with Crippen LogP contribution < -0.4 is 10.6 Å². The van der Waals surface area contributed by atoms with Crippen LogP contribution in [-0.2, 0) is 0 Å². The first-order valence-corrected chi connectivity index (χ1v) is 6.87. The minimum Gasteiger partial charge on any atom is -0.348 e. The van der Waals surface area contributed by atoms with E-state index in [-0.39, 0.29) is 24.4 Å². The highest BCUT2D eigenvalue weighted by Crippen LogP contribution is 2.14. The molecule has 1 saturated heterocycles. The van der Waals surface area contributed by atoms with Crippen LogP contribution in [0.5, 0.6) is 0 Å². The van der Waals surface area contributed by atoms with Crippen molar-refractivity contribution < 1.29 is 4.79 Å². The predicted octanol–water partition coefficient (Wildman–Crippen LogP) is 1.69. The third kappa shape index (κ3) is 3.25. The van der Waals surface area contributed by atoms with Crippen LogP contribution in [0.25, 0.3) is 5.69 Å². The predicted molar refractivity (Wildman–Crippen MR) is 84.3 cm³/mol. The van der Waals surface area contributed by atoms with Crippen molar-refractivity contribution in [1.29, 1.82) is 0 Å². The van der Waals surface area contributed by atoms with Crippen LogP contribution >= 0.6 is 12.4 Å². The van der Waals surface area contributed by atoms with Gasteiger partial charge in [-0.1, -0.05) is 18.2 Å². The fourth-order valence-corrected chi connectivity index (χ4v) is 2.50. The van der Waals surface area contributed by atoms with E-state index in [1.165, 1.54) is 0 Å². The number of carbonyl (C=O) groups is 1. The minimum absolute atomic E-state index is 0. The Balaban J connectivity index is 0.00000161. The Morgan fingerprint density at radius 3 is 2.81 bits per heavy atom. The molecule has 0 radical (unpaired) electrons. The second-order valence-electron chi connectivity index (χ2n) is 5.05. The molecule has 0 saturated carbocycles. The van der Waals surface area contributed by atoms with Crippen molar-refractivity contribution in [3.8, 4) is 5.69 Å². The van der Waals surface area contributed by atoms with Crippen molar-refractivity contribution in [3.63, 3.8) is 0 Å². The lowest BCUT2D eigenvalue weighted by Gasteiger charge is -2.11. The largest absolute Gasteiger partial charge is 0.348 e. The Bertz CT molecular complexity index is 605. The van der Waals surface area contributed by atoms with Crippen molar-refractivity contribution in [2.75, 3.05) is 13.1 Å². The number of para-hydroxylation sites is 1. The smallest absolute Gasteiger partial charge is 0.255 e. The quantitative estimate of drug-likeness (QED) is 0.907. The van der Waals surface area contributed by atoms with E-state index >= 15 is 0 Å². The number of hydrogen-bond acceptors (Lipinski definition) is 3. The zero-order valence-corrected chi connectivity index (χ0v) is 12.7. The van der Waals surface area contributed by atoms with E-state index < -0.39 is 0 Å². The summed E-state index contributed by atoms with van der Waals surface area (Å²) in [6, 6.07) is 10.1. The van der Waals surface area contributed by atoms with Crippen LogP contribution in [0, 0.1) is 6.92 Å². The number of rotatable bonds is 3. The molecule has 6 heteroatoms. The Labute approximate surface area is 130 Å². The molecule has 5 nitrogen and oxygen atoms in total. The van der Waals surface area contributed by atoms with Crippen LogP contribution in [-0.4, -0.2) is 34.8 Å². The summed E-state index contributed by atoms with van der Waals surface area (Å²) in [7, 11) is 0. The molecule has 0 spiro atoms. The Hall–Kier alpha value is -1.85. The maximum atomic E-state index is 12.3. The molecule has 1 atom stereocenters. The van der Waals surface area contributed by atoms with Gasteiger partial charge >= 0.3 is 0 Å². The molecule has 2 aromatic rings. The van der Waals surface area contributed by atoms with Crippen LogP contribution in [0.3, 0.4) is 0 Å². The van der Waals surface area contributed by atoms with Crippen molar-refractivity contribution in [2.45, 2.75) is 19.4 Å². The lowest BCUT2D eigenvalue weighted by Crippen LogP contribution is -2.36. The number of amides is 1. The van der Waals surface area contributed by atoms with Gasteiger partial charge in [0.2, 0.25) is 0 Å². The molecule has 1 aliphatic rings. The maximum Gasteiger partial charge on any atom is 0.255 e. The average Bonchev–Trinajstić information content (AvgIpc) is 3.09. The maximum absolute atomic E-state index is 12.3. The lowest BCUT2D eigenvalue weighted by atomic mass is 10.2. The molecule has 1 aromatic carbocycles. The van der Waals surface area contributed by atoms with E-state index in [4.69, 9.17) is 0 Å². The van der Waals surface area contributed by atoms with E-state index in [2.05, 4.69) is 15.7 Å². The number of carbonyl (C=O) groups excluding carboxylic acids is 1. The van der Waals surface area contributed by atoms with E-state index in [1.54, 1.807) is 10.9 Å². The van der Waals surface area contributed by atoms with Gasteiger partial charge in [0, 0.05) is 12.6 Å². The normalized spacial score (nSPS) is 17.3. The molecular weight excluding hydrogens is 288 g/mol. The van der Waals surface area contributed by atoms with E-state index in [9.17, 15) is 4.79 Å². The summed E-state index contributed by atoms with van der Waals surface area (Å²) < 4.78 is 1.79. The standard InChI is InChI=1S/C15H18N4O.ClH/c1-11-14(15(20)18-12-7-8-16-9-12)10-17-19(11)13-5-3-2-4-6-13;/h2-6,10,12,16H,7-9H2,1H3,(H,18,20);1H. The van der Waals surface area contributed by atoms with Gasteiger partial charge in [0.25, 0.3) is 5.91 Å². The van der Waals surface area contributed by atoms with E-state index in [0.717, 1.165) is 30.9 Å². The average molecular weight is 307 g/mol. The summed E-state index contributed by atoms with van der Waals surface area (Å²) in [5.41, 5.74) is 2.46. The molecule has 2 N–H and O–H groups in total. The van der Waals surface area contributed by atoms with Gasteiger partial charge in [0.05, 0.1) is 23.1 Å². The van der Waals surface area contributed by atoms with Gasteiger partial charge in [-0.2, -0.15) is 5.10 Å². The third-order valence-corrected chi connectivity index (χ3v) is 3.65. The molecular formula is C15H19ClN4O. The summed E-state index contributed by atoms with van der Waals surface area (Å²) in [5.74, 6) is -0.0432. The highest BCUT2D eigenvalue weighted by atomic mass is 35.5. The SMILES string of the molecule is Cc1c(C(=O)NC2CCNC2)cnn1-c1ccccc1.Cl. The first kappa shape index (κ1) is 15.5. The van der Waals surface area contributed by atoms with Crippen molar-refractivity contribution in [3.05, 3.63) is 47.8 Å². The topological polar surface area (TPSA) is 59.0 Å². The molecule has 3 rings (SSSR count). The summed E-state index contributed by atoms with van der Waals surface area (Å²) in [6.45, 7) is 3.73. The summed E-state index contributed by atoms with van der Waals surface area (Å²) in [6.07, 6.45) is 2.62. The van der Waals surface area contributed by atoms with Crippen molar-refractivity contribution in [2.24, 2.45) is 0 Å². The first-order chi connectivity index (χ1) is 9.75. The summed E-state index contributed by atoms with van der Waals surface area (Å²) >= 11 is 0. The molecule has 112 valence electrons. The third-order valence-electron chi connectivity index (χ3n) is 3.65. The summed E-state index contributed by atoms with van der Waals surface area (Å²) in [5, 5.41) is 10.6. The minimum atomic E-state index is -0.0432. The molecule has 0 aliphatic carbocycles. The number of nitrogens with zero attached hydrogens (tertiary/aromatic N) is 2. The van der Waals surface area contributed by atoms with E-state index in [0.29, 0.717) is 5.56 Å². The van der Waals surface area contributed by atoms with Gasteiger partial charge in [-0.3, -0.25) is 4.79 Å². The van der Waals surface area contributed by atoms with Crippen LogP contribution in [0.1, 0.15) is 22.5 Å². The fourth-order valence-electron chi connectivity index (χ4n) is 2.50.